The molecule has 3 N–H and O–H groups in total. The smallest absolute Gasteiger partial charge is 0.394 e. The topological polar surface area (TPSA) is 130 Å². The van der Waals surface area contributed by atoms with Crippen molar-refractivity contribution in [3.8, 4) is 0 Å². The number of rotatable bonds is 4. The van der Waals surface area contributed by atoms with Gasteiger partial charge >= 0.3 is 17.8 Å². The van der Waals surface area contributed by atoms with Crippen molar-refractivity contribution in [2.45, 2.75) is 10.1 Å². The Morgan fingerprint density at radius 3 is 2.52 bits per heavy atom. The van der Waals surface area contributed by atoms with E-state index in [1.807, 2.05) is 12.1 Å². The van der Waals surface area contributed by atoms with E-state index in [4.69, 9.17) is 14.6 Å². The van der Waals surface area contributed by atoms with Crippen LogP contribution in [0.2, 0.25) is 0 Å². The fourth-order valence-electron chi connectivity index (χ4n) is 2.05. The van der Waals surface area contributed by atoms with Gasteiger partial charge in [0.05, 0.1) is 11.3 Å². The number of carboxylic acid groups (broad SMARTS) is 2. The van der Waals surface area contributed by atoms with Gasteiger partial charge in [-0.15, -0.1) is 0 Å². The number of amides is 1. The van der Waals surface area contributed by atoms with E-state index < -0.39 is 17.8 Å². The molecule has 1 amide bonds. The average molecular weight is 358 g/mol. The summed E-state index contributed by atoms with van der Waals surface area (Å²) in [5.74, 6) is -4.33. The van der Waals surface area contributed by atoms with Crippen LogP contribution in [0, 0.1) is 0 Å². The van der Waals surface area contributed by atoms with E-state index in [0.717, 1.165) is 11.8 Å². The molecule has 0 atom stereocenters. The Kier molecular flexibility index (Phi) is 4.40. The van der Waals surface area contributed by atoms with Crippen molar-refractivity contribution < 1.29 is 29.0 Å². The first kappa shape index (κ1) is 16.5. The maximum atomic E-state index is 11.3. The summed E-state index contributed by atoms with van der Waals surface area (Å²) in [6.45, 7) is 0. The van der Waals surface area contributed by atoms with E-state index in [1.54, 1.807) is 12.1 Å². The predicted octanol–water partition coefficient (Wildman–Crippen LogP) is 2.70. The third kappa shape index (κ3) is 3.61. The van der Waals surface area contributed by atoms with E-state index in [0.29, 0.717) is 21.2 Å². The first-order valence-electron chi connectivity index (χ1n) is 6.89. The fourth-order valence-corrected chi connectivity index (χ4v) is 2.84. The lowest BCUT2D eigenvalue weighted by Crippen LogP contribution is -2.23. The van der Waals surface area contributed by atoms with Gasteiger partial charge in [0.25, 0.3) is 5.22 Å². The van der Waals surface area contributed by atoms with Crippen LogP contribution in [-0.4, -0.2) is 33.0 Å². The average Bonchev–Trinajstić information content (AvgIpc) is 2.96. The van der Waals surface area contributed by atoms with Crippen LogP contribution >= 0.6 is 11.8 Å². The van der Waals surface area contributed by atoms with Crippen molar-refractivity contribution in [3.63, 3.8) is 0 Å². The van der Waals surface area contributed by atoms with E-state index in [9.17, 15) is 14.4 Å². The summed E-state index contributed by atoms with van der Waals surface area (Å²) in [7, 11) is 0. The molecule has 3 aromatic rings. The highest BCUT2D eigenvalue weighted by Crippen LogP contribution is 2.32. The van der Waals surface area contributed by atoms with Crippen molar-refractivity contribution in [3.05, 3.63) is 48.0 Å². The Bertz CT molecular complexity index is 964. The standard InChI is InChI=1S/C16H10N2O6S/c19-13(15(22)23)17-11-7-8(5-6-9(11)14(20)21)25-16-18-10-3-1-2-4-12(10)24-16/h1-7H,(H,17,19)(H,20,21)(H,22,23). The molecule has 0 unspecified atom stereocenters. The molecule has 25 heavy (non-hydrogen) atoms. The van der Waals surface area contributed by atoms with Crippen molar-refractivity contribution in [1.29, 1.82) is 0 Å². The number of para-hydroxylation sites is 2. The molecule has 0 bridgehead atoms. The van der Waals surface area contributed by atoms with Gasteiger partial charge in [-0.3, -0.25) is 4.79 Å². The zero-order chi connectivity index (χ0) is 18.0. The number of nitrogens with zero attached hydrogens (tertiary/aromatic N) is 1. The Labute approximate surface area is 144 Å². The second kappa shape index (κ2) is 6.65. The molecule has 126 valence electrons. The number of carbonyl (C=O) groups is 3. The molecular weight excluding hydrogens is 348 g/mol. The van der Waals surface area contributed by atoms with Gasteiger partial charge in [-0.1, -0.05) is 12.1 Å². The second-order valence-corrected chi connectivity index (χ2v) is 5.85. The highest BCUT2D eigenvalue weighted by atomic mass is 32.2. The summed E-state index contributed by atoms with van der Waals surface area (Å²) in [4.78, 5) is 38.0. The van der Waals surface area contributed by atoms with Gasteiger partial charge < -0.3 is 19.9 Å². The van der Waals surface area contributed by atoms with Crippen LogP contribution in [0.25, 0.3) is 11.1 Å². The molecule has 0 spiro atoms. The number of aromatic carboxylic acids is 1. The number of aliphatic carboxylic acids is 1. The van der Waals surface area contributed by atoms with E-state index >= 15 is 0 Å². The van der Waals surface area contributed by atoms with Crippen LogP contribution in [0.5, 0.6) is 0 Å². The molecule has 0 aliphatic heterocycles. The lowest BCUT2D eigenvalue weighted by Gasteiger charge is -2.08. The molecule has 0 saturated carbocycles. The Morgan fingerprint density at radius 2 is 1.84 bits per heavy atom. The molecule has 0 radical (unpaired) electrons. The highest BCUT2D eigenvalue weighted by molar-refractivity contribution is 7.99. The molecule has 0 aliphatic carbocycles. The highest BCUT2D eigenvalue weighted by Gasteiger charge is 2.18. The van der Waals surface area contributed by atoms with Gasteiger partial charge in [0.2, 0.25) is 0 Å². The lowest BCUT2D eigenvalue weighted by molar-refractivity contribution is -0.147. The number of anilines is 1. The molecule has 1 aromatic heterocycles. The summed E-state index contributed by atoms with van der Waals surface area (Å²) in [5.41, 5.74) is 0.927. The van der Waals surface area contributed by atoms with Crippen LogP contribution in [0.1, 0.15) is 10.4 Å². The molecule has 0 aliphatic rings. The molecule has 9 heteroatoms. The number of aromatic nitrogens is 1. The SMILES string of the molecule is O=C(O)C(=O)Nc1cc(Sc2nc3ccccc3o2)ccc1C(=O)O. The number of carbonyl (C=O) groups excluding carboxylic acids is 1. The number of hydrogen-bond donors (Lipinski definition) is 3. The normalized spacial score (nSPS) is 10.6. The Hall–Kier alpha value is -3.33. The molecule has 0 saturated heterocycles. The number of carboxylic acids is 2. The van der Waals surface area contributed by atoms with Gasteiger partial charge in [-0.05, 0) is 42.1 Å². The summed E-state index contributed by atoms with van der Waals surface area (Å²) in [6, 6.07) is 11.3. The molecule has 1 heterocycles. The zero-order valence-electron chi connectivity index (χ0n) is 12.4. The molecule has 8 nitrogen and oxygen atoms in total. The third-order valence-corrected chi connectivity index (χ3v) is 3.98. The van der Waals surface area contributed by atoms with Gasteiger partial charge in [-0.2, -0.15) is 0 Å². The summed E-state index contributed by atoms with van der Waals surface area (Å²) in [6.07, 6.45) is 0. The zero-order valence-corrected chi connectivity index (χ0v) is 13.2. The van der Waals surface area contributed by atoms with Crippen molar-refractivity contribution >= 4 is 46.4 Å². The molecule has 2 aromatic carbocycles. The monoisotopic (exact) mass is 358 g/mol. The van der Waals surface area contributed by atoms with E-state index in [-0.39, 0.29) is 11.3 Å². The maximum absolute atomic E-state index is 11.3. The summed E-state index contributed by atoms with van der Waals surface area (Å²) >= 11 is 1.11. The fraction of sp³-hybridized carbons (Fsp3) is 0. The molecule has 0 fully saturated rings. The van der Waals surface area contributed by atoms with Crippen molar-refractivity contribution in [2.75, 3.05) is 5.32 Å². The first-order valence-corrected chi connectivity index (χ1v) is 7.71. The van der Waals surface area contributed by atoms with Gasteiger partial charge in [0, 0.05) is 4.90 Å². The van der Waals surface area contributed by atoms with Crippen molar-refractivity contribution in [1.82, 2.24) is 4.98 Å². The molecular formula is C16H10N2O6S. The largest absolute Gasteiger partial charge is 0.478 e. The van der Waals surface area contributed by atoms with E-state index in [1.165, 1.54) is 18.2 Å². The minimum Gasteiger partial charge on any atom is -0.478 e. The third-order valence-electron chi connectivity index (χ3n) is 3.14. The minimum absolute atomic E-state index is 0.124. The van der Waals surface area contributed by atoms with Crippen LogP contribution in [0.3, 0.4) is 0 Å². The lowest BCUT2D eigenvalue weighted by atomic mass is 10.2. The number of hydrogen-bond acceptors (Lipinski definition) is 6. The number of oxazole rings is 1. The Morgan fingerprint density at radius 1 is 1.08 bits per heavy atom. The summed E-state index contributed by atoms with van der Waals surface area (Å²) in [5, 5.41) is 20.2. The van der Waals surface area contributed by atoms with Gasteiger partial charge in [0.15, 0.2) is 5.58 Å². The Balaban J connectivity index is 1.92. The van der Waals surface area contributed by atoms with Crippen molar-refractivity contribution in [2.24, 2.45) is 0 Å². The van der Waals surface area contributed by atoms with Gasteiger partial charge in [0.1, 0.15) is 5.52 Å². The minimum atomic E-state index is -1.71. The first-order chi connectivity index (χ1) is 11.9. The van der Waals surface area contributed by atoms with Crippen LogP contribution in [-0.2, 0) is 9.59 Å². The van der Waals surface area contributed by atoms with Crippen LogP contribution < -0.4 is 5.32 Å². The predicted molar refractivity (Wildman–Crippen MR) is 87.8 cm³/mol. The van der Waals surface area contributed by atoms with E-state index in [2.05, 4.69) is 10.3 Å². The summed E-state index contributed by atoms with van der Waals surface area (Å²) < 4.78 is 5.56. The van der Waals surface area contributed by atoms with Gasteiger partial charge in [-0.25, -0.2) is 14.6 Å². The molecule has 3 rings (SSSR count). The van der Waals surface area contributed by atoms with Crippen LogP contribution in [0.15, 0.2) is 57.0 Å². The number of fused-ring (bicyclic) bond motifs is 1. The number of nitrogens with one attached hydrogen (secondary N) is 1. The quantitative estimate of drug-likeness (QED) is 0.607. The second-order valence-electron chi connectivity index (χ2n) is 4.82. The maximum Gasteiger partial charge on any atom is 0.394 e. The van der Waals surface area contributed by atoms with Crippen LogP contribution in [0.4, 0.5) is 5.69 Å². The number of benzene rings is 2.